The Hall–Kier alpha value is -3.27. The minimum absolute atomic E-state index is 0.0445. The van der Waals surface area contributed by atoms with Gasteiger partial charge < -0.3 is 14.8 Å². The monoisotopic (exact) mass is 375 g/mol. The smallest absolute Gasteiger partial charge is 0.262 e. The van der Waals surface area contributed by atoms with Crippen LogP contribution in [-0.4, -0.2) is 12.5 Å². The number of carbonyl (C=O) groups is 1. The van der Waals surface area contributed by atoms with Crippen LogP contribution in [0.2, 0.25) is 0 Å². The second-order valence-electron chi connectivity index (χ2n) is 7.55. The molecule has 0 aliphatic rings. The van der Waals surface area contributed by atoms with Gasteiger partial charge in [-0.2, -0.15) is 0 Å². The predicted molar refractivity (Wildman–Crippen MR) is 112 cm³/mol. The molecule has 3 rings (SSSR count). The molecule has 0 heterocycles. The lowest BCUT2D eigenvalue weighted by Gasteiger charge is -2.19. The maximum Gasteiger partial charge on any atom is 0.262 e. The highest BCUT2D eigenvalue weighted by molar-refractivity contribution is 5.91. The highest BCUT2D eigenvalue weighted by Crippen LogP contribution is 2.25. The van der Waals surface area contributed by atoms with E-state index < -0.39 is 0 Å². The van der Waals surface area contributed by atoms with E-state index in [0.717, 1.165) is 5.75 Å². The largest absolute Gasteiger partial charge is 0.484 e. The SMILES string of the molecule is CC(C)(C)c1ccc(OCC(=O)Nc2ccc(Oc3ccccc3)cc2)cc1. The number of anilines is 1. The van der Waals surface area contributed by atoms with Crippen LogP contribution in [0.25, 0.3) is 0 Å². The first-order chi connectivity index (χ1) is 13.4. The lowest BCUT2D eigenvalue weighted by atomic mass is 9.87. The molecule has 28 heavy (non-hydrogen) atoms. The first-order valence-corrected chi connectivity index (χ1v) is 9.26. The Morgan fingerprint density at radius 1 is 0.786 bits per heavy atom. The molecule has 0 aliphatic heterocycles. The number of hydrogen-bond acceptors (Lipinski definition) is 3. The summed E-state index contributed by atoms with van der Waals surface area (Å²) in [5.41, 5.74) is 2.01. The number of rotatable bonds is 6. The van der Waals surface area contributed by atoms with Crippen LogP contribution in [0.1, 0.15) is 26.3 Å². The Morgan fingerprint density at radius 2 is 1.36 bits per heavy atom. The van der Waals surface area contributed by atoms with Crippen molar-refractivity contribution in [2.75, 3.05) is 11.9 Å². The van der Waals surface area contributed by atoms with E-state index in [9.17, 15) is 4.79 Å². The molecule has 4 heteroatoms. The molecule has 0 spiro atoms. The molecular weight excluding hydrogens is 350 g/mol. The number of carbonyl (C=O) groups excluding carboxylic acids is 1. The van der Waals surface area contributed by atoms with Crippen LogP contribution in [0.4, 0.5) is 5.69 Å². The summed E-state index contributed by atoms with van der Waals surface area (Å²) in [5.74, 6) is 1.94. The minimum Gasteiger partial charge on any atom is -0.484 e. The third kappa shape index (κ3) is 5.61. The molecule has 0 aliphatic carbocycles. The number of nitrogens with one attached hydrogen (secondary N) is 1. The van der Waals surface area contributed by atoms with Gasteiger partial charge in [0.15, 0.2) is 6.61 Å². The summed E-state index contributed by atoms with van der Waals surface area (Å²) in [7, 11) is 0. The van der Waals surface area contributed by atoms with Gasteiger partial charge in [0.05, 0.1) is 0 Å². The topological polar surface area (TPSA) is 47.6 Å². The molecule has 3 aromatic rings. The zero-order valence-electron chi connectivity index (χ0n) is 16.4. The molecule has 0 radical (unpaired) electrons. The summed E-state index contributed by atoms with van der Waals surface area (Å²) >= 11 is 0. The van der Waals surface area contributed by atoms with Gasteiger partial charge in [0, 0.05) is 5.69 Å². The Kier molecular flexibility index (Phi) is 5.99. The summed E-state index contributed by atoms with van der Waals surface area (Å²) in [5, 5.41) is 2.82. The van der Waals surface area contributed by atoms with Crippen molar-refractivity contribution in [3.05, 3.63) is 84.4 Å². The van der Waals surface area contributed by atoms with E-state index in [4.69, 9.17) is 9.47 Å². The Morgan fingerprint density at radius 3 is 1.96 bits per heavy atom. The van der Waals surface area contributed by atoms with Gasteiger partial charge in [-0.3, -0.25) is 4.79 Å². The molecule has 1 amide bonds. The fourth-order valence-corrected chi connectivity index (χ4v) is 2.63. The average Bonchev–Trinajstić information content (AvgIpc) is 2.68. The Balaban J connectivity index is 1.49. The molecule has 3 aromatic carbocycles. The van der Waals surface area contributed by atoms with Crippen molar-refractivity contribution in [2.45, 2.75) is 26.2 Å². The zero-order valence-corrected chi connectivity index (χ0v) is 16.4. The lowest BCUT2D eigenvalue weighted by molar-refractivity contribution is -0.118. The van der Waals surface area contributed by atoms with E-state index in [-0.39, 0.29) is 17.9 Å². The van der Waals surface area contributed by atoms with Crippen LogP contribution in [0.5, 0.6) is 17.2 Å². The van der Waals surface area contributed by atoms with Gasteiger partial charge in [-0.15, -0.1) is 0 Å². The van der Waals surface area contributed by atoms with Gasteiger partial charge in [-0.25, -0.2) is 0 Å². The first kappa shape index (κ1) is 19.5. The number of para-hydroxylation sites is 1. The van der Waals surface area contributed by atoms with E-state index in [0.29, 0.717) is 17.2 Å². The van der Waals surface area contributed by atoms with Crippen LogP contribution in [0.3, 0.4) is 0 Å². The molecule has 0 saturated heterocycles. The Labute approximate surface area is 166 Å². The summed E-state index contributed by atoms with van der Waals surface area (Å²) < 4.78 is 11.3. The van der Waals surface area contributed by atoms with E-state index in [1.54, 1.807) is 12.1 Å². The standard InChI is InChI=1S/C24H25NO3/c1-24(2,3)18-9-13-20(14-10-18)27-17-23(26)25-19-11-15-22(16-12-19)28-21-7-5-4-6-8-21/h4-16H,17H2,1-3H3,(H,25,26). The molecule has 144 valence electrons. The molecule has 0 aromatic heterocycles. The van der Waals surface area contributed by atoms with Gasteiger partial charge in [0.1, 0.15) is 17.2 Å². The van der Waals surface area contributed by atoms with Crippen molar-refractivity contribution in [1.29, 1.82) is 0 Å². The van der Waals surface area contributed by atoms with Crippen molar-refractivity contribution < 1.29 is 14.3 Å². The molecule has 0 fully saturated rings. The lowest BCUT2D eigenvalue weighted by Crippen LogP contribution is -2.20. The van der Waals surface area contributed by atoms with Gasteiger partial charge in [-0.05, 0) is 59.5 Å². The van der Waals surface area contributed by atoms with E-state index in [1.165, 1.54) is 5.56 Å². The summed E-state index contributed by atoms with van der Waals surface area (Å²) in [6, 6.07) is 24.6. The summed E-state index contributed by atoms with van der Waals surface area (Å²) in [6.07, 6.45) is 0. The maximum absolute atomic E-state index is 12.1. The van der Waals surface area contributed by atoms with Gasteiger partial charge in [0.25, 0.3) is 5.91 Å². The molecule has 0 unspecified atom stereocenters. The van der Waals surface area contributed by atoms with Crippen molar-refractivity contribution in [3.63, 3.8) is 0 Å². The molecule has 4 nitrogen and oxygen atoms in total. The molecule has 0 bridgehead atoms. The van der Waals surface area contributed by atoms with Gasteiger partial charge in [0.2, 0.25) is 0 Å². The van der Waals surface area contributed by atoms with Crippen molar-refractivity contribution in [1.82, 2.24) is 0 Å². The first-order valence-electron chi connectivity index (χ1n) is 9.26. The number of ether oxygens (including phenoxy) is 2. The van der Waals surface area contributed by atoms with Crippen LogP contribution >= 0.6 is 0 Å². The second kappa shape index (κ2) is 8.61. The third-order valence-corrected chi connectivity index (χ3v) is 4.21. The van der Waals surface area contributed by atoms with Gasteiger partial charge in [-0.1, -0.05) is 51.1 Å². The molecule has 1 N–H and O–H groups in total. The third-order valence-electron chi connectivity index (χ3n) is 4.21. The van der Waals surface area contributed by atoms with Crippen LogP contribution in [0, 0.1) is 0 Å². The summed E-state index contributed by atoms with van der Waals surface area (Å²) in [6.45, 7) is 6.43. The number of hydrogen-bond donors (Lipinski definition) is 1. The normalized spacial score (nSPS) is 11.0. The van der Waals surface area contributed by atoms with Crippen molar-refractivity contribution in [3.8, 4) is 17.2 Å². The quantitative estimate of drug-likeness (QED) is 0.593. The van der Waals surface area contributed by atoms with E-state index in [2.05, 4.69) is 26.1 Å². The van der Waals surface area contributed by atoms with Crippen LogP contribution < -0.4 is 14.8 Å². The predicted octanol–water partition coefficient (Wildman–Crippen LogP) is 5.79. The van der Waals surface area contributed by atoms with Crippen LogP contribution in [-0.2, 0) is 10.2 Å². The second-order valence-corrected chi connectivity index (χ2v) is 7.55. The highest BCUT2D eigenvalue weighted by Gasteiger charge is 2.13. The van der Waals surface area contributed by atoms with E-state index >= 15 is 0 Å². The molecular formula is C24H25NO3. The van der Waals surface area contributed by atoms with Crippen molar-refractivity contribution in [2.24, 2.45) is 0 Å². The maximum atomic E-state index is 12.1. The molecule has 0 saturated carbocycles. The Bertz CT molecular complexity index is 895. The fraction of sp³-hybridized carbons (Fsp3) is 0.208. The van der Waals surface area contributed by atoms with Crippen molar-refractivity contribution >= 4 is 11.6 Å². The minimum atomic E-state index is -0.211. The highest BCUT2D eigenvalue weighted by atomic mass is 16.5. The molecule has 0 atom stereocenters. The van der Waals surface area contributed by atoms with Crippen LogP contribution in [0.15, 0.2) is 78.9 Å². The fourth-order valence-electron chi connectivity index (χ4n) is 2.63. The van der Waals surface area contributed by atoms with Gasteiger partial charge >= 0.3 is 0 Å². The zero-order chi connectivity index (χ0) is 20.0. The number of amides is 1. The van der Waals surface area contributed by atoms with E-state index in [1.807, 2.05) is 66.7 Å². The number of benzene rings is 3. The summed E-state index contributed by atoms with van der Waals surface area (Å²) in [4.78, 5) is 12.1. The average molecular weight is 375 g/mol.